The second-order valence-electron chi connectivity index (χ2n) is 2.40. The van der Waals surface area contributed by atoms with Crippen LogP contribution >= 0.6 is 0 Å². The minimum Gasteiger partial charge on any atom is -0.492 e. The highest BCUT2D eigenvalue weighted by molar-refractivity contribution is 5.54. The highest BCUT2D eigenvalue weighted by atomic mass is 19.1. The van der Waals surface area contributed by atoms with Gasteiger partial charge in [0, 0.05) is 0 Å². The van der Waals surface area contributed by atoms with Crippen molar-refractivity contribution in [3.05, 3.63) is 24.4 Å². The second kappa shape index (κ2) is 4.55. The van der Waals surface area contributed by atoms with Gasteiger partial charge in [0.2, 0.25) is 5.82 Å². The zero-order valence-electron chi connectivity index (χ0n) is 8.08. The standard InChI is InChI=1S/C9H11FN2O2/c1-4-14-6(2)8-7(10)9(13-3)12-5-11-8/h5H,2,4H2,1,3H3. The topological polar surface area (TPSA) is 44.2 Å². The molecule has 0 saturated heterocycles. The highest BCUT2D eigenvalue weighted by Gasteiger charge is 2.14. The number of hydrogen-bond donors (Lipinski definition) is 0. The molecule has 0 radical (unpaired) electrons. The maximum Gasteiger partial charge on any atom is 0.254 e. The molecule has 0 aliphatic heterocycles. The van der Waals surface area contributed by atoms with Crippen molar-refractivity contribution in [3.63, 3.8) is 0 Å². The third-order valence-corrected chi connectivity index (χ3v) is 1.53. The quantitative estimate of drug-likeness (QED) is 0.690. The fraction of sp³-hybridized carbons (Fsp3) is 0.333. The van der Waals surface area contributed by atoms with E-state index in [0.717, 1.165) is 0 Å². The molecule has 4 nitrogen and oxygen atoms in total. The van der Waals surface area contributed by atoms with Gasteiger partial charge in [-0.15, -0.1) is 0 Å². The molecule has 0 bridgehead atoms. The monoisotopic (exact) mass is 198 g/mol. The minimum atomic E-state index is -0.659. The zero-order chi connectivity index (χ0) is 10.6. The van der Waals surface area contributed by atoms with Gasteiger partial charge < -0.3 is 9.47 Å². The highest BCUT2D eigenvalue weighted by Crippen LogP contribution is 2.20. The summed E-state index contributed by atoms with van der Waals surface area (Å²) in [4.78, 5) is 7.31. The van der Waals surface area contributed by atoms with Crippen LogP contribution in [0.3, 0.4) is 0 Å². The normalized spacial score (nSPS) is 9.64. The lowest BCUT2D eigenvalue weighted by Crippen LogP contribution is -2.01. The molecule has 1 heterocycles. The molecule has 0 aliphatic carbocycles. The first-order valence-electron chi connectivity index (χ1n) is 4.07. The molecule has 0 N–H and O–H groups in total. The van der Waals surface area contributed by atoms with Gasteiger partial charge in [-0.2, -0.15) is 9.37 Å². The Labute approximate surface area is 81.4 Å². The third kappa shape index (κ3) is 1.99. The van der Waals surface area contributed by atoms with Crippen LogP contribution in [-0.2, 0) is 4.74 Å². The van der Waals surface area contributed by atoms with Crippen LogP contribution in [0.5, 0.6) is 5.88 Å². The molecule has 0 atom stereocenters. The van der Waals surface area contributed by atoms with Gasteiger partial charge in [-0.05, 0) is 6.92 Å². The van der Waals surface area contributed by atoms with E-state index in [0.29, 0.717) is 6.61 Å². The number of halogens is 1. The first kappa shape index (κ1) is 10.4. The van der Waals surface area contributed by atoms with E-state index in [4.69, 9.17) is 9.47 Å². The summed E-state index contributed by atoms with van der Waals surface area (Å²) < 4.78 is 23.2. The number of ether oxygens (including phenoxy) is 2. The molecule has 14 heavy (non-hydrogen) atoms. The number of aromatic nitrogens is 2. The van der Waals surface area contributed by atoms with Gasteiger partial charge in [0.25, 0.3) is 5.88 Å². The molecule has 0 aromatic carbocycles. The molecule has 0 saturated carbocycles. The zero-order valence-corrected chi connectivity index (χ0v) is 8.08. The average Bonchev–Trinajstić information content (AvgIpc) is 2.18. The fourth-order valence-electron chi connectivity index (χ4n) is 0.933. The second-order valence-corrected chi connectivity index (χ2v) is 2.40. The van der Waals surface area contributed by atoms with Crippen LogP contribution in [0.15, 0.2) is 12.9 Å². The van der Waals surface area contributed by atoms with Crippen molar-refractivity contribution >= 4 is 5.76 Å². The molecule has 76 valence electrons. The van der Waals surface area contributed by atoms with E-state index in [2.05, 4.69) is 16.5 Å². The summed E-state index contributed by atoms with van der Waals surface area (Å²) in [6.45, 7) is 5.73. The summed E-state index contributed by atoms with van der Waals surface area (Å²) in [5.41, 5.74) is 0.0266. The number of hydrogen-bond acceptors (Lipinski definition) is 4. The van der Waals surface area contributed by atoms with Crippen molar-refractivity contribution in [2.45, 2.75) is 6.92 Å². The van der Waals surface area contributed by atoms with Gasteiger partial charge in [0.1, 0.15) is 17.8 Å². The Morgan fingerprint density at radius 3 is 2.86 bits per heavy atom. The third-order valence-electron chi connectivity index (χ3n) is 1.53. The van der Waals surface area contributed by atoms with Crippen LogP contribution in [0.1, 0.15) is 12.6 Å². The van der Waals surface area contributed by atoms with Crippen molar-refractivity contribution in [1.82, 2.24) is 9.97 Å². The number of rotatable bonds is 4. The van der Waals surface area contributed by atoms with E-state index >= 15 is 0 Å². The minimum absolute atomic E-state index is 0.0266. The first-order valence-corrected chi connectivity index (χ1v) is 4.07. The van der Waals surface area contributed by atoms with Gasteiger partial charge in [-0.25, -0.2) is 4.98 Å². The summed E-state index contributed by atoms with van der Waals surface area (Å²) in [5, 5.41) is 0. The number of nitrogens with zero attached hydrogens (tertiary/aromatic N) is 2. The molecule has 5 heteroatoms. The molecular formula is C9H11FN2O2. The Bertz CT molecular complexity index is 342. The van der Waals surface area contributed by atoms with E-state index < -0.39 is 5.82 Å². The van der Waals surface area contributed by atoms with E-state index in [1.807, 2.05) is 0 Å². The fourth-order valence-corrected chi connectivity index (χ4v) is 0.933. The van der Waals surface area contributed by atoms with Crippen molar-refractivity contribution < 1.29 is 13.9 Å². The predicted molar refractivity (Wildman–Crippen MR) is 49.2 cm³/mol. The summed E-state index contributed by atoms with van der Waals surface area (Å²) in [7, 11) is 1.33. The molecule has 0 spiro atoms. The summed E-state index contributed by atoms with van der Waals surface area (Å²) >= 11 is 0. The van der Waals surface area contributed by atoms with Gasteiger partial charge in [-0.1, -0.05) is 6.58 Å². The molecule has 0 unspecified atom stereocenters. The van der Waals surface area contributed by atoms with Crippen molar-refractivity contribution in [1.29, 1.82) is 0 Å². The lowest BCUT2D eigenvalue weighted by molar-refractivity contribution is 0.293. The molecular weight excluding hydrogens is 187 g/mol. The first-order chi connectivity index (χ1) is 6.70. The Kier molecular flexibility index (Phi) is 3.39. The van der Waals surface area contributed by atoms with Crippen molar-refractivity contribution in [3.8, 4) is 5.88 Å². The van der Waals surface area contributed by atoms with Gasteiger partial charge in [0.15, 0.2) is 0 Å². The van der Waals surface area contributed by atoms with Crippen LogP contribution in [-0.4, -0.2) is 23.7 Å². The lowest BCUT2D eigenvalue weighted by Gasteiger charge is -2.07. The van der Waals surface area contributed by atoms with E-state index in [1.54, 1.807) is 6.92 Å². The summed E-state index contributed by atoms with van der Waals surface area (Å²) in [5.74, 6) is -0.602. The molecule has 1 aromatic heterocycles. The van der Waals surface area contributed by atoms with Crippen molar-refractivity contribution in [2.75, 3.05) is 13.7 Å². The van der Waals surface area contributed by atoms with E-state index in [1.165, 1.54) is 13.4 Å². The molecule has 0 fully saturated rings. The Balaban J connectivity index is 3.03. The lowest BCUT2D eigenvalue weighted by atomic mass is 10.3. The Morgan fingerprint density at radius 2 is 2.29 bits per heavy atom. The van der Waals surface area contributed by atoms with Crippen LogP contribution in [0.2, 0.25) is 0 Å². The number of methoxy groups -OCH3 is 1. The predicted octanol–water partition coefficient (Wildman–Crippen LogP) is 1.63. The molecule has 0 aliphatic rings. The SMILES string of the molecule is C=C(OCC)c1ncnc(OC)c1F. The molecule has 1 rings (SSSR count). The van der Waals surface area contributed by atoms with Crippen LogP contribution in [0, 0.1) is 5.82 Å². The maximum absolute atomic E-state index is 13.5. The largest absolute Gasteiger partial charge is 0.492 e. The van der Waals surface area contributed by atoms with Crippen LogP contribution < -0.4 is 4.74 Å². The molecule has 1 aromatic rings. The van der Waals surface area contributed by atoms with Crippen molar-refractivity contribution in [2.24, 2.45) is 0 Å². The van der Waals surface area contributed by atoms with E-state index in [9.17, 15) is 4.39 Å². The van der Waals surface area contributed by atoms with Gasteiger partial charge >= 0.3 is 0 Å². The smallest absolute Gasteiger partial charge is 0.254 e. The van der Waals surface area contributed by atoms with Crippen LogP contribution in [0.4, 0.5) is 4.39 Å². The van der Waals surface area contributed by atoms with Crippen LogP contribution in [0.25, 0.3) is 5.76 Å². The Hall–Kier alpha value is -1.65. The molecule has 0 amide bonds. The maximum atomic E-state index is 13.5. The summed E-state index contributed by atoms with van der Waals surface area (Å²) in [6, 6.07) is 0. The average molecular weight is 198 g/mol. The van der Waals surface area contributed by atoms with E-state index in [-0.39, 0.29) is 17.3 Å². The van der Waals surface area contributed by atoms with Gasteiger partial charge in [0.05, 0.1) is 13.7 Å². The summed E-state index contributed by atoms with van der Waals surface area (Å²) in [6.07, 6.45) is 1.20. The van der Waals surface area contributed by atoms with Gasteiger partial charge in [-0.3, -0.25) is 0 Å². The Morgan fingerprint density at radius 1 is 1.57 bits per heavy atom.